The fraction of sp³-hybridized carbons (Fsp3) is 0.588. The highest BCUT2D eigenvalue weighted by molar-refractivity contribution is 7.91. The molecule has 0 saturated carbocycles. The number of sulfone groups is 1. The van der Waals surface area contributed by atoms with Crippen molar-refractivity contribution in [2.45, 2.75) is 13.8 Å². The molecule has 9 heteroatoms. The first kappa shape index (κ1) is 20.4. The highest BCUT2D eigenvalue weighted by atomic mass is 32.2. The maximum absolute atomic E-state index is 13.9. The van der Waals surface area contributed by atoms with E-state index < -0.39 is 21.5 Å². The lowest BCUT2D eigenvalue weighted by atomic mass is 10.2. The molecule has 1 fully saturated rings. The van der Waals surface area contributed by atoms with E-state index >= 15 is 0 Å². The van der Waals surface area contributed by atoms with Crippen molar-refractivity contribution >= 4 is 21.5 Å². The highest BCUT2D eigenvalue weighted by Gasteiger charge is 2.22. The van der Waals surface area contributed by atoms with E-state index in [1.54, 1.807) is 11.8 Å². The van der Waals surface area contributed by atoms with Crippen molar-refractivity contribution in [2.24, 2.45) is 4.99 Å². The summed E-state index contributed by atoms with van der Waals surface area (Å²) in [5.74, 6) is -0.122. The zero-order valence-corrected chi connectivity index (χ0v) is 16.0. The molecule has 26 heavy (non-hydrogen) atoms. The molecule has 1 N–H and O–H groups in total. The Morgan fingerprint density at radius 1 is 1.19 bits per heavy atom. The van der Waals surface area contributed by atoms with Crippen LogP contribution in [0.1, 0.15) is 13.8 Å². The van der Waals surface area contributed by atoms with Crippen LogP contribution in [0, 0.1) is 11.6 Å². The highest BCUT2D eigenvalue weighted by Crippen LogP contribution is 2.21. The molecule has 6 nitrogen and oxygen atoms in total. The molecule has 1 saturated heterocycles. The van der Waals surface area contributed by atoms with Crippen LogP contribution in [0.5, 0.6) is 0 Å². The number of rotatable bonds is 6. The Kier molecular flexibility index (Phi) is 7.19. The summed E-state index contributed by atoms with van der Waals surface area (Å²) in [7, 11) is -3.05. The summed E-state index contributed by atoms with van der Waals surface area (Å²) in [6, 6.07) is 3.45. The molecule has 0 unspecified atom stereocenters. The number of nitrogens with zero attached hydrogens (tertiary/aromatic N) is 3. The number of hydrogen-bond acceptors (Lipinski definition) is 4. The number of anilines is 1. The average molecular weight is 388 g/mol. The smallest absolute Gasteiger partial charge is 0.194 e. The van der Waals surface area contributed by atoms with Gasteiger partial charge in [-0.15, -0.1) is 0 Å². The van der Waals surface area contributed by atoms with Crippen LogP contribution in [0.15, 0.2) is 23.2 Å². The average Bonchev–Trinajstić information content (AvgIpc) is 2.63. The molecule has 0 amide bonds. The van der Waals surface area contributed by atoms with Gasteiger partial charge in [0.05, 0.1) is 18.0 Å². The number of halogens is 2. The van der Waals surface area contributed by atoms with E-state index in [9.17, 15) is 17.2 Å². The van der Waals surface area contributed by atoms with Gasteiger partial charge in [0.15, 0.2) is 15.8 Å². The predicted molar refractivity (Wildman–Crippen MR) is 100 cm³/mol. The maximum Gasteiger partial charge on any atom is 0.194 e. The minimum absolute atomic E-state index is 0.0207. The molecule has 1 aliphatic rings. The molecule has 0 atom stereocenters. The SMILES string of the molecule is CCNC(=NCCS(=O)(=O)CC)N1CCN(c2cc(F)ccc2F)CC1. The van der Waals surface area contributed by atoms with E-state index in [1.807, 2.05) is 11.8 Å². The van der Waals surface area contributed by atoms with Gasteiger partial charge in [-0.05, 0) is 19.1 Å². The molecule has 1 aromatic rings. The van der Waals surface area contributed by atoms with Crippen LogP contribution in [0.2, 0.25) is 0 Å². The Morgan fingerprint density at radius 2 is 1.88 bits per heavy atom. The Bertz CT molecular complexity index is 732. The third kappa shape index (κ3) is 5.55. The van der Waals surface area contributed by atoms with Gasteiger partial charge < -0.3 is 15.1 Å². The largest absolute Gasteiger partial charge is 0.366 e. The number of nitrogens with one attached hydrogen (secondary N) is 1. The standard InChI is InChI=1S/C17H26F2N4O2S/c1-3-20-17(21-7-12-26(24,25)4-2)23-10-8-22(9-11-23)16-13-14(18)5-6-15(16)19/h5-6,13H,3-4,7-12H2,1-2H3,(H,20,21). The quantitative estimate of drug-likeness (QED) is 0.591. The molecule has 1 aromatic carbocycles. The molecule has 1 aliphatic heterocycles. The van der Waals surface area contributed by atoms with E-state index in [0.29, 0.717) is 38.7 Å². The van der Waals surface area contributed by atoms with Crippen molar-refractivity contribution in [1.29, 1.82) is 0 Å². The first-order chi connectivity index (χ1) is 12.4. The van der Waals surface area contributed by atoms with E-state index in [2.05, 4.69) is 10.3 Å². The number of aliphatic imine (C=N–C) groups is 1. The van der Waals surface area contributed by atoms with Gasteiger partial charge in [0.2, 0.25) is 0 Å². The van der Waals surface area contributed by atoms with Crippen molar-refractivity contribution in [3.63, 3.8) is 0 Å². The first-order valence-electron chi connectivity index (χ1n) is 8.80. The van der Waals surface area contributed by atoms with Gasteiger partial charge in [-0.3, -0.25) is 4.99 Å². The number of guanidine groups is 1. The van der Waals surface area contributed by atoms with Crippen molar-refractivity contribution < 1.29 is 17.2 Å². The third-order valence-electron chi connectivity index (χ3n) is 4.27. The summed E-state index contributed by atoms with van der Waals surface area (Å²) >= 11 is 0. The van der Waals surface area contributed by atoms with Gasteiger partial charge >= 0.3 is 0 Å². The summed E-state index contributed by atoms with van der Waals surface area (Å²) in [6.07, 6.45) is 0. The van der Waals surface area contributed by atoms with Crippen LogP contribution in [-0.2, 0) is 9.84 Å². The second kappa shape index (κ2) is 9.16. The van der Waals surface area contributed by atoms with Gasteiger partial charge in [-0.1, -0.05) is 6.92 Å². The maximum atomic E-state index is 13.9. The van der Waals surface area contributed by atoms with Gasteiger partial charge in [-0.2, -0.15) is 0 Å². The van der Waals surface area contributed by atoms with Crippen LogP contribution in [-0.4, -0.2) is 70.1 Å². The van der Waals surface area contributed by atoms with Gasteiger partial charge in [0, 0.05) is 44.5 Å². The molecule has 0 aliphatic carbocycles. The van der Waals surface area contributed by atoms with E-state index in [-0.39, 0.29) is 23.7 Å². The molecular formula is C17H26F2N4O2S. The summed E-state index contributed by atoms with van der Waals surface area (Å²) < 4.78 is 50.5. The normalized spacial score (nSPS) is 16.1. The fourth-order valence-electron chi connectivity index (χ4n) is 2.75. The molecule has 1 heterocycles. The summed E-state index contributed by atoms with van der Waals surface area (Å²) in [5.41, 5.74) is 0.264. The third-order valence-corrected chi connectivity index (χ3v) is 5.95. The van der Waals surface area contributed by atoms with E-state index in [0.717, 1.165) is 12.1 Å². The van der Waals surface area contributed by atoms with Crippen LogP contribution >= 0.6 is 0 Å². The van der Waals surface area contributed by atoms with Gasteiger partial charge in [0.25, 0.3) is 0 Å². The zero-order valence-electron chi connectivity index (χ0n) is 15.2. The lowest BCUT2D eigenvalue weighted by molar-refractivity contribution is 0.371. The fourth-order valence-corrected chi connectivity index (χ4v) is 3.41. The molecule has 146 valence electrons. The van der Waals surface area contributed by atoms with E-state index in [4.69, 9.17) is 0 Å². The summed E-state index contributed by atoms with van der Waals surface area (Å²) in [4.78, 5) is 8.21. The van der Waals surface area contributed by atoms with Crippen LogP contribution in [0.3, 0.4) is 0 Å². The Balaban J connectivity index is 1.99. The zero-order chi connectivity index (χ0) is 19.2. The second-order valence-corrected chi connectivity index (χ2v) is 8.51. The lowest BCUT2D eigenvalue weighted by Gasteiger charge is -2.37. The monoisotopic (exact) mass is 388 g/mol. The van der Waals surface area contributed by atoms with Crippen LogP contribution in [0.4, 0.5) is 14.5 Å². The first-order valence-corrected chi connectivity index (χ1v) is 10.6. The molecule has 0 bridgehead atoms. The van der Waals surface area contributed by atoms with E-state index in [1.165, 1.54) is 6.07 Å². The molecule has 0 radical (unpaired) electrons. The van der Waals surface area contributed by atoms with Crippen LogP contribution < -0.4 is 10.2 Å². The number of hydrogen-bond donors (Lipinski definition) is 1. The second-order valence-electron chi connectivity index (χ2n) is 6.04. The van der Waals surface area contributed by atoms with Gasteiger partial charge in [0.1, 0.15) is 11.6 Å². The van der Waals surface area contributed by atoms with Crippen molar-refractivity contribution in [2.75, 3.05) is 55.7 Å². The molecular weight excluding hydrogens is 362 g/mol. The number of piperazine rings is 1. The van der Waals surface area contributed by atoms with Crippen molar-refractivity contribution in [3.8, 4) is 0 Å². The predicted octanol–water partition coefficient (Wildman–Crippen LogP) is 1.49. The Labute approximate surface area is 153 Å². The topological polar surface area (TPSA) is 65.0 Å². The summed E-state index contributed by atoms with van der Waals surface area (Å²) in [5, 5.41) is 3.16. The Morgan fingerprint density at radius 3 is 2.50 bits per heavy atom. The number of benzene rings is 1. The molecule has 0 spiro atoms. The Hall–Kier alpha value is -1.90. The van der Waals surface area contributed by atoms with Crippen LogP contribution in [0.25, 0.3) is 0 Å². The minimum atomic E-state index is -3.05. The molecule has 2 rings (SSSR count). The van der Waals surface area contributed by atoms with Crippen molar-refractivity contribution in [3.05, 3.63) is 29.8 Å². The minimum Gasteiger partial charge on any atom is -0.366 e. The molecule has 0 aromatic heterocycles. The lowest BCUT2D eigenvalue weighted by Crippen LogP contribution is -2.52. The van der Waals surface area contributed by atoms with Crippen molar-refractivity contribution in [1.82, 2.24) is 10.2 Å². The summed E-state index contributed by atoms with van der Waals surface area (Å²) in [6.45, 7) is 6.65. The van der Waals surface area contributed by atoms with Gasteiger partial charge in [-0.25, -0.2) is 17.2 Å².